The maximum atomic E-state index is 3.43. The van der Waals surface area contributed by atoms with Gasteiger partial charge >= 0.3 is 0 Å². The molecule has 0 bridgehead atoms. The molecule has 94 valence electrons. The Balaban J connectivity index is 0.000000516. The van der Waals surface area contributed by atoms with Crippen molar-refractivity contribution in [3.05, 3.63) is 41.0 Å². The van der Waals surface area contributed by atoms with Crippen LogP contribution >= 0.6 is 0 Å². The molecular formula is C16H25N. The molecule has 1 aromatic rings. The Morgan fingerprint density at radius 2 is 1.82 bits per heavy atom. The summed E-state index contributed by atoms with van der Waals surface area (Å²) in [6, 6.07) is 8.79. The quantitative estimate of drug-likeness (QED) is 0.773. The van der Waals surface area contributed by atoms with Crippen LogP contribution in [0, 0.1) is 5.92 Å². The van der Waals surface area contributed by atoms with Crippen LogP contribution in [-0.4, -0.2) is 13.1 Å². The van der Waals surface area contributed by atoms with E-state index in [0.29, 0.717) is 0 Å². The highest BCUT2D eigenvalue weighted by Crippen LogP contribution is 2.32. The molecule has 0 aromatic heterocycles. The van der Waals surface area contributed by atoms with Crippen molar-refractivity contribution in [2.75, 3.05) is 13.1 Å². The summed E-state index contributed by atoms with van der Waals surface area (Å²) in [5.74, 6) is 0.832. The molecule has 1 heteroatoms. The summed E-state index contributed by atoms with van der Waals surface area (Å²) in [7, 11) is 0. The Hall–Kier alpha value is -1.08. The van der Waals surface area contributed by atoms with Crippen LogP contribution in [0.25, 0.3) is 6.08 Å². The molecule has 2 aliphatic rings. The molecule has 0 amide bonds. The van der Waals surface area contributed by atoms with Crippen LogP contribution in [0.1, 0.15) is 39.2 Å². The van der Waals surface area contributed by atoms with E-state index in [9.17, 15) is 0 Å². The lowest BCUT2D eigenvalue weighted by molar-refractivity contribution is 0.418. The second kappa shape index (κ2) is 6.02. The van der Waals surface area contributed by atoms with Crippen molar-refractivity contribution < 1.29 is 1.43 Å². The minimum absolute atomic E-state index is 0. The van der Waals surface area contributed by atoms with Gasteiger partial charge in [0.2, 0.25) is 0 Å². The van der Waals surface area contributed by atoms with Crippen molar-refractivity contribution in [1.82, 2.24) is 5.32 Å². The first-order valence-electron chi connectivity index (χ1n) is 6.92. The molecule has 1 nitrogen and oxygen atoms in total. The predicted molar refractivity (Wildman–Crippen MR) is 77.2 cm³/mol. The van der Waals surface area contributed by atoms with Crippen molar-refractivity contribution >= 4 is 6.08 Å². The van der Waals surface area contributed by atoms with E-state index >= 15 is 0 Å². The van der Waals surface area contributed by atoms with Gasteiger partial charge in [0, 0.05) is 1.43 Å². The number of piperidine rings is 1. The molecule has 1 aliphatic carbocycles. The Morgan fingerprint density at radius 1 is 1.12 bits per heavy atom. The van der Waals surface area contributed by atoms with E-state index in [1.807, 2.05) is 13.8 Å². The average molecular weight is 231 g/mol. The van der Waals surface area contributed by atoms with Gasteiger partial charge in [0.15, 0.2) is 0 Å². The molecule has 1 aliphatic heterocycles. The van der Waals surface area contributed by atoms with Gasteiger partial charge in [-0.25, -0.2) is 0 Å². The van der Waals surface area contributed by atoms with Crippen LogP contribution < -0.4 is 5.32 Å². The van der Waals surface area contributed by atoms with Crippen molar-refractivity contribution in [3.63, 3.8) is 0 Å². The minimum Gasteiger partial charge on any atom is -0.317 e. The lowest BCUT2D eigenvalue weighted by Gasteiger charge is -2.23. The average Bonchev–Trinajstić information content (AvgIpc) is 2.86. The molecule has 0 unspecified atom stereocenters. The molecule has 17 heavy (non-hydrogen) atoms. The van der Waals surface area contributed by atoms with Crippen LogP contribution in [0.2, 0.25) is 0 Å². The number of fused-ring (bicyclic) bond motifs is 1. The van der Waals surface area contributed by atoms with E-state index in [1.54, 1.807) is 5.57 Å². The maximum absolute atomic E-state index is 3.43. The summed E-state index contributed by atoms with van der Waals surface area (Å²) < 4.78 is 0. The van der Waals surface area contributed by atoms with Gasteiger partial charge in [0.1, 0.15) is 0 Å². The SMILES string of the molecule is C1=C(C2CCNCC2)Cc2ccccc21.CC.[HH]. The minimum atomic E-state index is 0. The number of nitrogens with one attached hydrogen (secondary N) is 1. The van der Waals surface area contributed by atoms with Crippen LogP contribution in [-0.2, 0) is 6.42 Å². The smallest absolute Gasteiger partial charge is 0 e. The molecular weight excluding hydrogens is 206 g/mol. The Morgan fingerprint density at radius 3 is 2.53 bits per heavy atom. The summed E-state index contributed by atoms with van der Waals surface area (Å²) in [5.41, 5.74) is 4.63. The summed E-state index contributed by atoms with van der Waals surface area (Å²) in [4.78, 5) is 0. The second-order valence-corrected chi connectivity index (χ2v) is 4.62. The number of benzene rings is 1. The standard InChI is InChI=1S/C14H17N.C2H6.H2/c1-2-4-13-10-14(9-12(13)3-1)11-5-7-15-8-6-11;1-2;/h1-4,9,11,15H,5-8,10H2;1-2H3;1H. The van der Waals surface area contributed by atoms with Crippen molar-refractivity contribution in [3.8, 4) is 0 Å². The van der Waals surface area contributed by atoms with Gasteiger partial charge in [0.05, 0.1) is 0 Å². The Bertz CT molecular complexity index is 392. The lowest BCUT2D eigenvalue weighted by atomic mass is 9.89. The number of allylic oxidation sites excluding steroid dienone is 1. The zero-order chi connectivity index (χ0) is 12.1. The maximum Gasteiger partial charge on any atom is 0 e. The molecule has 1 fully saturated rings. The largest absolute Gasteiger partial charge is 0.317 e. The zero-order valence-electron chi connectivity index (χ0n) is 11.0. The van der Waals surface area contributed by atoms with Crippen molar-refractivity contribution in [2.45, 2.75) is 33.1 Å². The second-order valence-electron chi connectivity index (χ2n) is 4.62. The molecule has 0 radical (unpaired) electrons. The molecule has 1 N–H and O–H groups in total. The summed E-state index contributed by atoms with van der Waals surface area (Å²) in [6.45, 7) is 6.39. The molecule has 1 aromatic carbocycles. The van der Waals surface area contributed by atoms with Crippen LogP contribution in [0.3, 0.4) is 0 Å². The van der Waals surface area contributed by atoms with Gasteiger partial charge in [-0.1, -0.05) is 49.8 Å². The van der Waals surface area contributed by atoms with Crippen molar-refractivity contribution in [2.24, 2.45) is 5.92 Å². The molecule has 0 atom stereocenters. The third kappa shape index (κ3) is 2.78. The van der Waals surface area contributed by atoms with Gasteiger partial charge in [-0.15, -0.1) is 0 Å². The van der Waals surface area contributed by atoms with E-state index in [0.717, 1.165) is 5.92 Å². The fourth-order valence-electron chi connectivity index (χ4n) is 2.76. The van der Waals surface area contributed by atoms with Crippen LogP contribution in [0.4, 0.5) is 0 Å². The number of rotatable bonds is 1. The van der Waals surface area contributed by atoms with Gasteiger partial charge in [-0.2, -0.15) is 0 Å². The first-order valence-corrected chi connectivity index (χ1v) is 6.92. The molecule has 0 spiro atoms. The topological polar surface area (TPSA) is 12.0 Å². The van der Waals surface area contributed by atoms with E-state index in [4.69, 9.17) is 0 Å². The van der Waals surface area contributed by atoms with E-state index in [2.05, 4.69) is 35.7 Å². The third-order valence-corrected chi connectivity index (χ3v) is 3.65. The third-order valence-electron chi connectivity index (χ3n) is 3.65. The molecule has 1 heterocycles. The highest BCUT2D eigenvalue weighted by molar-refractivity contribution is 5.64. The highest BCUT2D eigenvalue weighted by Gasteiger charge is 2.21. The lowest BCUT2D eigenvalue weighted by Crippen LogP contribution is -2.28. The molecule has 1 saturated heterocycles. The normalized spacial score (nSPS) is 19.1. The fourth-order valence-corrected chi connectivity index (χ4v) is 2.76. The van der Waals surface area contributed by atoms with E-state index < -0.39 is 0 Å². The van der Waals surface area contributed by atoms with Crippen LogP contribution in [0.5, 0.6) is 0 Å². The van der Waals surface area contributed by atoms with E-state index in [-0.39, 0.29) is 1.43 Å². The van der Waals surface area contributed by atoms with Gasteiger partial charge in [0.25, 0.3) is 0 Å². The Kier molecular flexibility index (Phi) is 4.38. The predicted octanol–water partition coefficient (Wildman–Crippen LogP) is 3.90. The monoisotopic (exact) mass is 231 g/mol. The van der Waals surface area contributed by atoms with Gasteiger partial charge < -0.3 is 5.32 Å². The number of hydrogen-bond acceptors (Lipinski definition) is 1. The molecule has 3 rings (SSSR count). The van der Waals surface area contributed by atoms with Gasteiger partial charge in [-0.05, 0) is 49.4 Å². The molecule has 0 saturated carbocycles. The number of hydrogen-bond donors (Lipinski definition) is 1. The summed E-state index contributed by atoms with van der Waals surface area (Å²) in [6.07, 6.45) is 6.26. The van der Waals surface area contributed by atoms with E-state index in [1.165, 1.54) is 43.5 Å². The van der Waals surface area contributed by atoms with Gasteiger partial charge in [-0.3, -0.25) is 0 Å². The highest BCUT2D eigenvalue weighted by atomic mass is 14.9. The first kappa shape index (κ1) is 12.4. The summed E-state index contributed by atoms with van der Waals surface area (Å²) in [5, 5.41) is 3.43. The van der Waals surface area contributed by atoms with Crippen LogP contribution in [0.15, 0.2) is 29.8 Å². The Labute approximate surface area is 106 Å². The van der Waals surface area contributed by atoms with Crippen molar-refractivity contribution in [1.29, 1.82) is 0 Å². The first-order chi connectivity index (χ1) is 8.43. The fraction of sp³-hybridized carbons (Fsp3) is 0.500. The zero-order valence-corrected chi connectivity index (χ0v) is 11.0. The summed E-state index contributed by atoms with van der Waals surface area (Å²) >= 11 is 0.